The van der Waals surface area contributed by atoms with Crippen LogP contribution >= 0.6 is 11.6 Å². The number of hydrogen-bond donors (Lipinski definition) is 2. The smallest absolute Gasteiger partial charge is 0.320 e. The van der Waals surface area contributed by atoms with E-state index >= 15 is 0 Å². The molecule has 1 fully saturated rings. The first-order valence-electron chi connectivity index (χ1n) is 11.1. The van der Waals surface area contributed by atoms with Gasteiger partial charge in [0.05, 0.1) is 4.90 Å². The van der Waals surface area contributed by atoms with E-state index in [4.69, 9.17) is 11.6 Å². The van der Waals surface area contributed by atoms with Crippen molar-refractivity contribution in [2.45, 2.75) is 44.2 Å². The molecule has 0 aliphatic carbocycles. The fourth-order valence-electron chi connectivity index (χ4n) is 4.35. The Morgan fingerprint density at radius 1 is 1.06 bits per heavy atom. The molecule has 1 atom stereocenters. The molecule has 0 saturated carbocycles. The molecule has 0 amide bonds. The molecule has 6 nitrogen and oxygen atoms in total. The van der Waals surface area contributed by atoms with Crippen molar-refractivity contribution in [2.24, 2.45) is 0 Å². The van der Waals surface area contributed by atoms with Gasteiger partial charge in [0, 0.05) is 17.3 Å². The van der Waals surface area contributed by atoms with Crippen LogP contribution < -0.4 is 4.72 Å². The van der Waals surface area contributed by atoms with E-state index in [0.717, 1.165) is 29.7 Å². The van der Waals surface area contributed by atoms with E-state index in [-0.39, 0.29) is 4.90 Å². The summed E-state index contributed by atoms with van der Waals surface area (Å²) in [6.07, 6.45) is 1.58. The van der Waals surface area contributed by atoms with Gasteiger partial charge in [-0.05, 0) is 85.3 Å². The van der Waals surface area contributed by atoms with E-state index in [1.807, 2.05) is 41.3 Å². The van der Waals surface area contributed by atoms with Crippen molar-refractivity contribution in [3.8, 4) is 11.1 Å². The van der Waals surface area contributed by atoms with Crippen LogP contribution in [0.2, 0.25) is 5.02 Å². The normalized spacial score (nSPS) is 16.5. The Morgan fingerprint density at radius 3 is 2.50 bits per heavy atom. The Hall–Kier alpha value is -2.87. The largest absolute Gasteiger partial charge is 0.480 e. The second kappa shape index (κ2) is 9.78. The van der Waals surface area contributed by atoms with Crippen molar-refractivity contribution in [3.63, 3.8) is 0 Å². The first-order chi connectivity index (χ1) is 16.1. The Balaban J connectivity index is 1.51. The molecule has 178 valence electrons. The third-order valence-electron chi connectivity index (χ3n) is 6.18. The van der Waals surface area contributed by atoms with Crippen molar-refractivity contribution >= 4 is 33.3 Å². The molecule has 0 unspecified atom stereocenters. The maximum Gasteiger partial charge on any atom is 0.320 e. The zero-order valence-corrected chi connectivity index (χ0v) is 20.7. The molecule has 2 N–H and O–H groups in total. The lowest BCUT2D eigenvalue weighted by atomic mass is 10.0. The minimum absolute atomic E-state index is 0.200. The number of sulfonamides is 1. The third kappa shape index (κ3) is 5.27. The molecule has 34 heavy (non-hydrogen) atoms. The van der Waals surface area contributed by atoms with Gasteiger partial charge in [0.1, 0.15) is 6.04 Å². The maximum absolute atomic E-state index is 13.0. The lowest BCUT2D eigenvalue weighted by Crippen LogP contribution is -2.35. The van der Waals surface area contributed by atoms with E-state index in [1.165, 1.54) is 0 Å². The fourth-order valence-corrected chi connectivity index (χ4v) is 5.93. The minimum Gasteiger partial charge on any atom is -0.480 e. The van der Waals surface area contributed by atoms with Crippen LogP contribution in [-0.2, 0) is 21.4 Å². The first kappa shape index (κ1) is 24.3. The number of aryl methyl sites for hydroxylation is 2. The standard InChI is InChI=1S/C26H27ClN2O4S/c1-17-14-25(18(2)13-23(17)27)34(32,33)28-22-6-3-5-21(15-22)20-10-8-19(9-11-20)16-29-12-4-7-24(29)26(30)31/h3,5-6,8-11,13-15,24,28H,4,7,12,16H2,1-2H3,(H,30,31)/t24-/m0/s1. The summed E-state index contributed by atoms with van der Waals surface area (Å²) >= 11 is 6.12. The van der Waals surface area contributed by atoms with Gasteiger partial charge in [-0.25, -0.2) is 8.42 Å². The SMILES string of the molecule is Cc1cc(S(=O)(=O)Nc2cccc(-c3ccc(CN4CCC[C@H]4C(=O)O)cc3)c2)c(C)cc1Cl. The second-order valence-electron chi connectivity index (χ2n) is 8.72. The highest BCUT2D eigenvalue weighted by molar-refractivity contribution is 7.92. The summed E-state index contributed by atoms with van der Waals surface area (Å²) in [6.45, 7) is 4.87. The van der Waals surface area contributed by atoms with E-state index < -0.39 is 22.0 Å². The van der Waals surface area contributed by atoms with E-state index in [9.17, 15) is 18.3 Å². The summed E-state index contributed by atoms with van der Waals surface area (Å²) in [5.41, 5.74) is 4.61. The number of nitrogens with one attached hydrogen (secondary N) is 1. The first-order valence-corrected chi connectivity index (χ1v) is 13.0. The quantitative estimate of drug-likeness (QED) is 0.451. The van der Waals surface area contributed by atoms with E-state index in [2.05, 4.69) is 4.72 Å². The van der Waals surface area contributed by atoms with Gasteiger partial charge < -0.3 is 5.11 Å². The predicted octanol–water partition coefficient (Wildman–Crippen LogP) is 5.47. The summed E-state index contributed by atoms with van der Waals surface area (Å²) in [4.78, 5) is 13.6. The Labute approximate surface area is 205 Å². The number of halogens is 1. The summed E-state index contributed by atoms with van der Waals surface area (Å²) in [5, 5.41) is 9.91. The van der Waals surface area contributed by atoms with Gasteiger partial charge in [-0.2, -0.15) is 0 Å². The predicted molar refractivity (Wildman–Crippen MR) is 135 cm³/mol. The number of anilines is 1. The van der Waals surface area contributed by atoms with Gasteiger partial charge >= 0.3 is 5.97 Å². The molecular formula is C26H27ClN2O4S. The van der Waals surface area contributed by atoms with Crippen LogP contribution in [0.1, 0.15) is 29.5 Å². The molecule has 8 heteroatoms. The lowest BCUT2D eigenvalue weighted by Gasteiger charge is -2.21. The Kier molecular flexibility index (Phi) is 6.98. The number of rotatable bonds is 7. The summed E-state index contributed by atoms with van der Waals surface area (Å²) in [5.74, 6) is -0.766. The zero-order valence-electron chi connectivity index (χ0n) is 19.1. The molecule has 1 heterocycles. The van der Waals surface area contributed by atoms with Crippen LogP contribution in [0.15, 0.2) is 65.6 Å². The zero-order chi connectivity index (χ0) is 24.5. The molecule has 0 spiro atoms. The Bertz CT molecular complexity index is 1320. The monoisotopic (exact) mass is 498 g/mol. The number of likely N-dealkylation sites (tertiary alicyclic amines) is 1. The number of aliphatic carboxylic acids is 1. The number of nitrogens with zero attached hydrogens (tertiary/aromatic N) is 1. The lowest BCUT2D eigenvalue weighted by molar-refractivity contribution is -0.142. The Morgan fingerprint density at radius 2 is 1.79 bits per heavy atom. The van der Waals surface area contributed by atoms with Gasteiger partial charge in [0.15, 0.2) is 0 Å². The number of hydrogen-bond acceptors (Lipinski definition) is 4. The molecule has 3 aromatic carbocycles. The van der Waals surface area contributed by atoms with Crippen LogP contribution in [0.5, 0.6) is 0 Å². The van der Waals surface area contributed by atoms with Crippen molar-refractivity contribution < 1.29 is 18.3 Å². The topological polar surface area (TPSA) is 86.7 Å². The van der Waals surface area contributed by atoms with Crippen molar-refractivity contribution in [1.29, 1.82) is 0 Å². The average molecular weight is 499 g/mol. The highest BCUT2D eigenvalue weighted by Gasteiger charge is 2.30. The van der Waals surface area contributed by atoms with Gasteiger partial charge in [0.25, 0.3) is 10.0 Å². The molecule has 1 aliphatic heterocycles. The maximum atomic E-state index is 13.0. The van der Waals surface area contributed by atoms with Gasteiger partial charge in [0.2, 0.25) is 0 Å². The summed E-state index contributed by atoms with van der Waals surface area (Å²) < 4.78 is 28.7. The number of carbonyl (C=O) groups is 1. The molecule has 0 aromatic heterocycles. The molecule has 3 aromatic rings. The van der Waals surface area contributed by atoms with Gasteiger partial charge in [-0.15, -0.1) is 0 Å². The van der Waals surface area contributed by atoms with Crippen LogP contribution in [0.4, 0.5) is 5.69 Å². The third-order valence-corrected chi connectivity index (χ3v) is 8.11. The molecule has 4 rings (SSSR count). The van der Waals surface area contributed by atoms with E-state index in [1.54, 1.807) is 38.1 Å². The number of benzene rings is 3. The number of carboxylic acids is 1. The van der Waals surface area contributed by atoms with Crippen LogP contribution in [0, 0.1) is 13.8 Å². The minimum atomic E-state index is -3.78. The summed E-state index contributed by atoms with van der Waals surface area (Å²) in [7, 11) is -3.78. The highest BCUT2D eigenvalue weighted by Crippen LogP contribution is 2.28. The van der Waals surface area contributed by atoms with E-state index in [0.29, 0.717) is 34.8 Å². The second-order valence-corrected chi connectivity index (χ2v) is 10.8. The van der Waals surface area contributed by atoms with Crippen molar-refractivity contribution in [3.05, 3.63) is 82.4 Å². The average Bonchev–Trinajstić information content (AvgIpc) is 3.25. The summed E-state index contributed by atoms with van der Waals surface area (Å²) in [6, 6.07) is 18.0. The van der Waals surface area contributed by atoms with Gasteiger partial charge in [-0.1, -0.05) is 48.0 Å². The molecule has 0 bridgehead atoms. The fraction of sp³-hybridized carbons (Fsp3) is 0.269. The molecule has 0 radical (unpaired) electrons. The number of carboxylic acid groups (broad SMARTS) is 1. The highest BCUT2D eigenvalue weighted by atomic mass is 35.5. The van der Waals surface area contributed by atoms with Gasteiger partial charge in [-0.3, -0.25) is 14.4 Å². The van der Waals surface area contributed by atoms with Crippen LogP contribution in [0.25, 0.3) is 11.1 Å². The molecule has 1 saturated heterocycles. The van der Waals surface area contributed by atoms with Crippen molar-refractivity contribution in [1.82, 2.24) is 4.90 Å². The molecular weight excluding hydrogens is 472 g/mol. The molecule has 1 aliphatic rings. The van der Waals surface area contributed by atoms with Crippen molar-refractivity contribution in [2.75, 3.05) is 11.3 Å². The van der Waals surface area contributed by atoms with Crippen LogP contribution in [0.3, 0.4) is 0 Å². The van der Waals surface area contributed by atoms with Crippen LogP contribution in [-0.4, -0.2) is 37.0 Å².